The van der Waals surface area contributed by atoms with E-state index < -0.39 is 0 Å². The van der Waals surface area contributed by atoms with E-state index in [0.29, 0.717) is 0 Å². The van der Waals surface area contributed by atoms with E-state index in [4.69, 9.17) is 0 Å². The summed E-state index contributed by atoms with van der Waals surface area (Å²) in [5.41, 5.74) is 1.01. The first-order valence-corrected chi connectivity index (χ1v) is 8.96. The van der Waals surface area contributed by atoms with Gasteiger partial charge in [0.05, 0.1) is 0 Å². The number of carbonyl (C=O) groups excluding carboxylic acids is 2. The molecule has 0 unspecified atom stereocenters. The van der Waals surface area contributed by atoms with Crippen molar-refractivity contribution >= 4 is 17.9 Å². The Morgan fingerprint density at radius 3 is 2.38 bits per heavy atom. The number of nitrogens with one attached hydrogen (secondary N) is 1. The lowest BCUT2D eigenvalue weighted by molar-refractivity contribution is -0.136. The van der Waals surface area contributed by atoms with Gasteiger partial charge in [0.15, 0.2) is 0 Å². The van der Waals surface area contributed by atoms with Crippen LogP contribution in [0.4, 0.5) is 0 Å². The summed E-state index contributed by atoms with van der Waals surface area (Å²) >= 11 is 0. The van der Waals surface area contributed by atoms with Crippen LogP contribution in [0.25, 0.3) is 6.08 Å². The van der Waals surface area contributed by atoms with Crippen molar-refractivity contribution in [2.24, 2.45) is 5.92 Å². The van der Waals surface area contributed by atoms with Crippen molar-refractivity contribution in [3.63, 3.8) is 0 Å². The second-order valence-electron chi connectivity index (χ2n) is 6.37. The molecular formula is C20H28N2O2. The SMILES string of the molecule is CCC(CC)C(=O)N1CCC(NC(=O)/C=C/c2ccccc2)CC1. The highest BCUT2D eigenvalue weighted by Crippen LogP contribution is 2.17. The fourth-order valence-electron chi connectivity index (χ4n) is 3.13. The fourth-order valence-corrected chi connectivity index (χ4v) is 3.13. The van der Waals surface area contributed by atoms with Crippen molar-refractivity contribution in [1.29, 1.82) is 0 Å². The van der Waals surface area contributed by atoms with Crippen molar-refractivity contribution < 1.29 is 9.59 Å². The molecule has 0 atom stereocenters. The van der Waals surface area contributed by atoms with Crippen LogP contribution in [0.5, 0.6) is 0 Å². The molecule has 0 bridgehead atoms. The summed E-state index contributed by atoms with van der Waals surface area (Å²) in [6.07, 6.45) is 6.86. The van der Waals surface area contributed by atoms with Gasteiger partial charge in [0.25, 0.3) is 0 Å². The number of nitrogens with zero attached hydrogens (tertiary/aromatic N) is 1. The molecule has 1 aromatic rings. The topological polar surface area (TPSA) is 49.4 Å². The van der Waals surface area contributed by atoms with Gasteiger partial charge in [-0.3, -0.25) is 9.59 Å². The molecule has 1 fully saturated rings. The van der Waals surface area contributed by atoms with Gasteiger partial charge in [0, 0.05) is 31.1 Å². The van der Waals surface area contributed by atoms with E-state index >= 15 is 0 Å². The Hall–Kier alpha value is -2.10. The largest absolute Gasteiger partial charge is 0.350 e. The van der Waals surface area contributed by atoms with Crippen LogP contribution in [0.15, 0.2) is 36.4 Å². The first kappa shape index (κ1) is 18.2. The molecule has 0 aliphatic carbocycles. The lowest BCUT2D eigenvalue weighted by Gasteiger charge is -2.34. The van der Waals surface area contributed by atoms with Crippen molar-refractivity contribution in [2.75, 3.05) is 13.1 Å². The summed E-state index contributed by atoms with van der Waals surface area (Å²) in [4.78, 5) is 26.4. The second kappa shape index (κ2) is 9.26. The van der Waals surface area contributed by atoms with Crippen LogP contribution in [-0.2, 0) is 9.59 Å². The quantitative estimate of drug-likeness (QED) is 0.815. The molecule has 24 heavy (non-hydrogen) atoms. The third-order valence-electron chi connectivity index (χ3n) is 4.71. The van der Waals surface area contributed by atoms with Gasteiger partial charge in [-0.1, -0.05) is 44.2 Å². The first-order valence-electron chi connectivity index (χ1n) is 8.96. The summed E-state index contributed by atoms with van der Waals surface area (Å²) in [5.74, 6) is 0.349. The molecule has 4 heteroatoms. The summed E-state index contributed by atoms with van der Waals surface area (Å²) in [6.45, 7) is 5.61. The maximum atomic E-state index is 12.4. The van der Waals surface area contributed by atoms with E-state index in [1.54, 1.807) is 6.08 Å². The van der Waals surface area contributed by atoms with Gasteiger partial charge in [-0.05, 0) is 37.3 Å². The molecular weight excluding hydrogens is 300 g/mol. The van der Waals surface area contributed by atoms with Gasteiger partial charge in [0.2, 0.25) is 11.8 Å². The van der Waals surface area contributed by atoms with Crippen molar-refractivity contribution in [3.8, 4) is 0 Å². The average Bonchev–Trinajstić information content (AvgIpc) is 2.62. The zero-order chi connectivity index (χ0) is 17.4. The molecule has 1 saturated heterocycles. The molecule has 2 amide bonds. The number of likely N-dealkylation sites (tertiary alicyclic amines) is 1. The minimum atomic E-state index is -0.0661. The van der Waals surface area contributed by atoms with Crippen LogP contribution in [0, 0.1) is 5.92 Å². The third kappa shape index (κ3) is 5.22. The van der Waals surface area contributed by atoms with Crippen molar-refractivity contribution in [2.45, 2.75) is 45.6 Å². The Balaban J connectivity index is 1.77. The van der Waals surface area contributed by atoms with Gasteiger partial charge < -0.3 is 10.2 Å². The Morgan fingerprint density at radius 2 is 1.79 bits per heavy atom. The van der Waals surface area contributed by atoms with Gasteiger partial charge in [-0.15, -0.1) is 0 Å². The van der Waals surface area contributed by atoms with Gasteiger partial charge in [0.1, 0.15) is 0 Å². The molecule has 0 radical (unpaired) electrons. The standard InChI is InChI=1S/C20H28N2O2/c1-3-17(4-2)20(24)22-14-12-18(13-15-22)21-19(23)11-10-16-8-6-5-7-9-16/h5-11,17-18H,3-4,12-15H2,1-2H3,(H,21,23)/b11-10+. The van der Waals surface area contributed by atoms with Crippen molar-refractivity contribution in [3.05, 3.63) is 42.0 Å². The average molecular weight is 328 g/mol. The molecule has 1 aliphatic heterocycles. The van der Waals surface area contributed by atoms with E-state index in [9.17, 15) is 9.59 Å². The minimum absolute atomic E-state index is 0.0661. The summed E-state index contributed by atoms with van der Waals surface area (Å²) in [7, 11) is 0. The van der Waals surface area contributed by atoms with Crippen LogP contribution in [0.2, 0.25) is 0 Å². The molecule has 1 aromatic carbocycles. The normalized spacial score (nSPS) is 15.9. The summed E-state index contributed by atoms with van der Waals surface area (Å²) < 4.78 is 0. The lowest BCUT2D eigenvalue weighted by atomic mass is 9.98. The van der Waals surface area contributed by atoms with Crippen LogP contribution in [-0.4, -0.2) is 35.8 Å². The molecule has 130 valence electrons. The smallest absolute Gasteiger partial charge is 0.244 e. The number of hydrogen-bond donors (Lipinski definition) is 1. The molecule has 1 N–H and O–H groups in total. The van der Waals surface area contributed by atoms with Gasteiger partial charge in [-0.25, -0.2) is 0 Å². The zero-order valence-electron chi connectivity index (χ0n) is 14.7. The van der Waals surface area contributed by atoms with E-state index in [0.717, 1.165) is 44.3 Å². The van der Waals surface area contributed by atoms with Crippen LogP contribution < -0.4 is 5.32 Å². The molecule has 0 spiro atoms. The maximum absolute atomic E-state index is 12.4. The van der Waals surface area contributed by atoms with Crippen LogP contribution >= 0.6 is 0 Å². The van der Waals surface area contributed by atoms with Crippen molar-refractivity contribution in [1.82, 2.24) is 10.2 Å². The summed E-state index contributed by atoms with van der Waals surface area (Å²) in [6, 6.07) is 9.93. The second-order valence-corrected chi connectivity index (χ2v) is 6.37. The predicted molar refractivity (Wildman–Crippen MR) is 97.3 cm³/mol. The monoisotopic (exact) mass is 328 g/mol. The van der Waals surface area contributed by atoms with Gasteiger partial charge in [-0.2, -0.15) is 0 Å². The zero-order valence-corrected chi connectivity index (χ0v) is 14.7. The molecule has 1 heterocycles. The Bertz CT molecular complexity index is 556. The molecule has 4 nitrogen and oxygen atoms in total. The highest BCUT2D eigenvalue weighted by atomic mass is 16.2. The molecule has 0 aromatic heterocycles. The van der Waals surface area contributed by atoms with E-state index in [-0.39, 0.29) is 23.8 Å². The number of benzene rings is 1. The molecule has 0 saturated carbocycles. The third-order valence-corrected chi connectivity index (χ3v) is 4.71. The lowest BCUT2D eigenvalue weighted by Crippen LogP contribution is -2.47. The molecule has 2 rings (SSSR count). The van der Waals surface area contributed by atoms with E-state index in [2.05, 4.69) is 19.2 Å². The number of rotatable bonds is 6. The predicted octanol–water partition coefficient (Wildman–Crippen LogP) is 3.24. The maximum Gasteiger partial charge on any atom is 0.244 e. The van der Waals surface area contributed by atoms with E-state index in [1.807, 2.05) is 41.3 Å². The Morgan fingerprint density at radius 1 is 1.17 bits per heavy atom. The van der Waals surface area contributed by atoms with Crippen LogP contribution in [0.1, 0.15) is 45.1 Å². The highest BCUT2D eigenvalue weighted by Gasteiger charge is 2.26. The first-order chi connectivity index (χ1) is 11.6. The number of amides is 2. The van der Waals surface area contributed by atoms with E-state index in [1.165, 1.54) is 0 Å². The van der Waals surface area contributed by atoms with Gasteiger partial charge >= 0.3 is 0 Å². The Labute approximate surface area is 144 Å². The highest BCUT2D eigenvalue weighted by molar-refractivity contribution is 5.91. The Kier molecular flexibility index (Phi) is 7.04. The molecule has 1 aliphatic rings. The minimum Gasteiger partial charge on any atom is -0.350 e. The fraction of sp³-hybridized carbons (Fsp3) is 0.500. The summed E-state index contributed by atoms with van der Waals surface area (Å²) in [5, 5.41) is 3.04. The number of hydrogen-bond acceptors (Lipinski definition) is 2. The number of carbonyl (C=O) groups is 2. The number of piperidine rings is 1. The van der Waals surface area contributed by atoms with Crippen LogP contribution in [0.3, 0.4) is 0 Å².